The molecular weight excluding hydrogens is 310 g/mol. The molecule has 0 unspecified atom stereocenters. The van der Waals surface area contributed by atoms with E-state index in [1.165, 1.54) is 13.2 Å². The highest BCUT2D eigenvalue weighted by molar-refractivity contribution is 5.95. The van der Waals surface area contributed by atoms with Gasteiger partial charge in [0.1, 0.15) is 5.76 Å². The van der Waals surface area contributed by atoms with E-state index in [-0.39, 0.29) is 18.7 Å². The van der Waals surface area contributed by atoms with Gasteiger partial charge in [-0.1, -0.05) is 30.3 Å². The van der Waals surface area contributed by atoms with E-state index in [0.29, 0.717) is 22.5 Å². The zero-order valence-electron chi connectivity index (χ0n) is 13.0. The molecular formula is C18H15NO5. The lowest BCUT2D eigenvalue weighted by molar-refractivity contribution is -0.384. The van der Waals surface area contributed by atoms with Gasteiger partial charge in [0.05, 0.1) is 28.9 Å². The Morgan fingerprint density at radius 3 is 2.62 bits per heavy atom. The number of benzene rings is 1. The van der Waals surface area contributed by atoms with Gasteiger partial charge in [0.25, 0.3) is 5.69 Å². The molecule has 0 radical (unpaired) electrons. The first-order valence-electron chi connectivity index (χ1n) is 7.45. The quantitative estimate of drug-likeness (QED) is 0.401. The second kappa shape index (κ2) is 6.54. The van der Waals surface area contributed by atoms with Crippen LogP contribution in [0, 0.1) is 10.1 Å². The third-order valence-corrected chi connectivity index (χ3v) is 3.74. The van der Waals surface area contributed by atoms with Crippen molar-refractivity contribution in [2.24, 2.45) is 0 Å². The molecule has 6 nitrogen and oxygen atoms in total. The minimum Gasteiger partial charge on any atom is -0.466 e. The highest BCUT2D eigenvalue weighted by Gasteiger charge is 2.33. The Hall–Kier alpha value is -3.15. The molecule has 0 fully saturated rings. The molecule has 0 amide bonds. The molecule has 1 aromatic carbocycles. The van der Waals surface area contributed by atoms with Crippen LogP contribution in [-0.2, 0) is 16.0 Å². The van der Waals surface area contributed by atoms with Gasteiger partial charge in [0.2, 0.25) is 0 Å². The molecule has 0 saturated carbocycles. The summed E-state index contributed by atoms with van der Waals surface area (Å²) in [5.41, 5.74) is 2.38. The summed E-state index contributed by atoms with van der Waals surface area (Å²) in [6.07, 6.45) is 1.70. The van der Waals surface area contributed by atoms with Crippen molar-refractivity contribution in [3.63, 3.8) is 0 Å². The zero-order chi connectivity index (χ0) is 17.1. The van der Waals surface area contributed by atoms with Gasteiger partial charge in [-0.15, -0.1) is 0 Å². The van der Waals surface area contributed by atoms with Crippen molar-refractivity contribution < 1.29 is 18.9 Å². The van der Waals surface area contributed by atoms with Crippen LogP contribution in [0.4, 0.5) is 5.69 Å². The Balaban J connectivity index is 2.18. The molecule has 1 heterocycles. The van der Waals surface area contributed by atoms with Gasteiger partial charge >= 0.3 is 5.97 Å². The van der Waals surface area contributed by atoms with Gasteiger partial charge in [-0.3, -0.25) is 14.9 Å². The molecule has 0 aromatic heterocycles. The monoisotopic (exact) mass is 325 g/mol. The van der Waals surface area contributed by atoms with E-state index >= 15 is 0 Å². The molecule has 6 heteroatoms. The molecule has 1 aliphatic carbocycles. The first-order chi connectivity index (χ1) is 11.6. The minimum atomic E-state index is -0.422. The van der Waals surface area contributed by atoms with E-state index in [0.717, 1.165) is 5.56 Å². The van der Waals surface area contributed by atoms with Gasteiger partial charge in [0.15, 0.2) is 0 Å². The third kappa shape index (κ3) is 2.86. The maximum Gasteiger partial charge on any atom is 0.302 e. The van der Waals surface area contributed by atoms with Crippen LogP contribution < -0.4 is 0 Å². The van der Waals surface area contributed by atoms with E-state index in [1.54, 1.807) is 12.1 Å². The summed E-state index contributed by atoms with van der Waals surface area (Å²) in [6.45, 7) is 1.37. The van der Waals surface area contributed by atoms with E-state index in [4.69, 9.17) is 9.15 Å². The average Bonchev–Trinajstić information content (AvgIpc) is 2.90. The largest absolute Gasteiger partial charge is 0.466 e. The van der Waals surface area contributed by atoms with Gasteiger partial charge < -0.3 is 9.15 Å². The highest BCUT2D eigenvalue weighted by Crippen LogP contribution is 2.47. The molecule has 0 saturated heterocycles. The van der Waals surface area contributed by atoms with Crippen LogP contribution in [-0.4, -0.2) is 17.5 Å². The Bertz CT molecular complexity index is 853. The molecule has 3 rings (SSSR count). The van der Waals surface area contributed by atoms with Gasteiger partial charge in [0, 0.05) is 18.9 Å². The summed E-state index contributed by atoms with van der Waals surface area (Å²) in [5.74, 6) is 0.0314. The Morgan fingerprint density at radius 2 is 1.96 bits per heavy atom. The summed E-state index contributed by atoms with van der Waals surface area (Å²) < 4.78 is 10.5. The van der Waals surface area contributed by atoms with Crippen molar-refractivity contribution in [1.82, 2.24) is 0 Å². The standard InChI is InChI=1S/C18H15NO5/c1-12(20)23-11-9-15-17(19(21)22)16(13-6-3-2-4-7-13)14-8-5-10-24-18(14)15/h2-8,10H,9,11H2,1H3. The fourth-order valence-electron chi connectivity index (χ4n) is 2.83. The Morgan fingerprint density at radius 1 is 1.21 bits per heavy atom. The van der Waals surface area contributed by atoms with Crippen LogP contribution in [0.3, 0.4) is 0 Å². The minimum absolute atomic E-state index is 0.00157. The van der Waals surface area contributed by atoms with Crippen LogP contribution in [0.2, 0.25) is 0 Å². The predicted molar refractivity (Wildman–Crippen MR) is 87.8 cm³/mol. The van der Waals surface area contributed by atoms with Crippen LogP contribution in [0.5, 0.6) is 0 Å². The highest BCUT2D eigenvalue weighted by atomic mass is 16.6. The lowest BCUT2D eigenvalue weighted by atomic mass is 10.0. The number of esters is 1. The topological polar surface area (TPSA) is 82.6 Å². The number of hydrogen-bond acceptors (Lipinski definition) is 5. The average molecular weight is 325 g/mol. The van der Waals surface area contributed by atoms with Crippen LogP contribution in [0.1, 0.15) is 12.5 Å². The third-order valence-electron chi connectivity index (χ3n) is 3.74. The summed E-state index contributed by atoms with van der Waals surface area (Å²) in [7, 11) is 0. The van der Waals surface area contributed by atoms with Crippen molar-refractivity contribution in [3.05, 3.63) is 64.4 Å². The first kappa shape index (κ1) is 15.7. The normalized spacial score (nSPS) is 10.7. The van der Waals surface area contributed by atoms with Crippen molar-refractivity contribution >= 4 is 11.7 Å². The van der Waals surface area contributed by atoms with Crippen LogP contribution in [0.15, 0.2) is 53.1 Å². The summed E-state index contributed by atoms with van der Waals surface area (Å²) >= 11 is 0. The number of hydrogen-bond donors (Lipinski definition) is 0. The molecule has 1 aliphatic heterocycles. The smallest absolute Gasteiger partial charge is 0.302 e. The molecule has 0 N–H and O–H groups in total. The fraction of sp³-hybridized carbons (Fsp3) is 0.167. The van der Waals surface area contributed by atoms with E-state index < -0.39 is 10.9 Å². The number of ether oxygens (including phenoxy) is 1. The van der Waals surface area contributed by atoms with Gasteiger partial charge in [-0.2, -0.15) is 0 Å². The summed E-state index contributed by atoms with van der Waals surface area (Å²) in [5, 5.41) is 11.7. The molecule has 0 atom stereocenters. The fourth-order valence-corrected chi connectivity index (χ4v) is 2.83. The van der Waals surface area contributed by atoms with Crippen molar-refractivity contribution in [1.29, 1.82) is 0 Å². The number of fused-ring (bicyclic) bond motifs is 1. The molecule has 0 spiro atoms. The Labute approximate surface area is 138 Å². The molecule has 1 aromatic rings. The van der Waals surface area contributed by atoms with Crippen LogP contribution in [0.25, 0.3) is 22.5 Å². The van der Waals surface area contributed by atoms with E-state index in [2.05, 4.69) is 0 Å². The maximum atomic E-state index is 11.7. The number of rotatable bonds is 5. The lowest BCUT2D eigenvalue weighted by Crippen LogP contribution is -2.04. The van der Waals surface area contributed by atoms with Gasteiger partial charge in [-0.25, -0.2) is 0 Å². The van der Waals surface area contributed by atoms with E-state index in [1.807, 2.05) is 30.3 Å². The Kier molecular flexibility index (Phi) is 4.29. The first-order valence-corrected chi connectivity index (χ1v) is 7.45. The van der Waals surface area contributed by atoms with Crippen molar-refractivity contribution in [2.75, 3.05) is 6.61 Å². The second-order valence-electron chi connectivity index (χ2n) is 5.27. The number of carbonyl (C=O) groups is 1. The summed E-state index contributed by atoms with van der Waals surface area (Å²) in [4.78, 5) is 22.3. The zero-order valence-corrected chi connectivity index (χ0v) is 13.0. The lowest BCUT2D eigenvalue weighted by Gasteiger charge is -2.03. The van der Waals surface area contributed by atoms with Crippen molar-refractivity contribution in [3.8, 4) is 22.5 Å². The SMILES string of the molecule is CC(=O)OCCc1c2occcc-2c(-c2ccccc2)c1[N+](=O)[O-]. The van der Waals surface area contributed by atoms with Gasteiger partial charge in [-0.05, 0) is 17.7 Å². The molecule has 122 valence electrons. The maximum absolute atomic E-state index is 11.7. The molecule has 24 heavy (non-hydrogen) atoms. The van der Waals surface area contributed by atoms with Crippen molar-refractivity contribution in [2.45, 2.75) is 13.3 Å². The van der Waals surface area contributed by atoms with E-state index in [9.17, 15) is 14.9 Å². The predicted octanol–water partition coefficient (Wildman–Crippen LogP) is 4.07. The molecule has 2 aliphatic rings. The molecule has 0 bridgehead atoms. The van der Waals surface area contributed by atoms with Crippen LogP contribution >= 0.6 is 0 Å². The number of carbonyl (C=O) groups excluding carboxylic acids is 1. The number of nitro groups is 1. The number of nitrogens with zero attached hydrogens (tertiary/aromatic N) is 1. The second-order valence-corrected chi connectivity index (χ2v) is 5.27. The summed E-state index contributed by atoms with van der Waals surface area (Å²) in [6, 6.07) is 12.7.